The van der Waals surface area contributed by atoms with Gasteiger partial charge >= 0.3 is 0 Å². The molecule has 104 valence electrons. The molecular formula is C14H13BrClN3O. The Morgan fingerprint density at radius 2 is 2.05 bits per heavy atom. The highest BCUT2D eigenvalue weighted by molar-refractivity contribution is 9.10. The van der Waals surface area contributed by atoms with Gasteiger partial charge in [-0.1, -0.05) is 27.5 Å². The zero-order valence-electron chi connectivity index (χ0n) is 11.0. The van der Waals surface area contributed by atoms with Gasteiger partial charge in [-0.3, -0.25) is 5.41 Å². The van der Waals surface area contributed by atoms with E-state index >= 15 is 0 Å². The van der Waals surface area contributed by atoms with E-state index in [-0.39, 0.29) is 5.84 Å². The summed E-state index contributed by atoms with van der Waals surface area (Å²) in [6.07, 6.45) is 0. The van der Waals surface area contributed by atoms with Crippen LogP contribution in [0.25, 0.3) is 0 Å². The van der Waals surface area contributed by atoms with Gasteiger partial charge in [-0.25, -0.2) is 4.98 Å². The predicted molar refractivity (Wildman–Crippen MR) is 84.0 cm³/mol. The number of aryl methyl sites for hydroxylation is 2. The fraction of sp³-hybridized carbons (Fsp3) is 0.143. The van der Waals surface area contributed by atoms with Crippen LogP contribution in [0.4, 0.5) is 0 Å². The molecule has 0 saturated heterocycles. The number of nitrogen functional groups attached to an aromatic ring is 1. The maximum Gasteiger partial charge on any atom is 0.230 e. The molecule has 0 amide bonds. The largest absolute Gasteiger partial charge is 0.437 e. The normalized spacial score (nSPS) is 10.4. The van der Waals surface area contributed by atoms with E-state index in [0.717, 1.165) is 15.7 Å². The molecule has 0 aliphatic heterocycles. The Morgan fingerprint density at radius 3 is 2.65 bits per heavy atom. The number of nitrogens with one attached hydrogen (secondary N) is 1. The van der Waals surface area contributed by atoms with Crippen LogP contribution in [0.5, 0.6) is 11.6 Å². The number of halogens is 2. The maximum absolute atomic E-state index is 7.66. The minimum Gasteiger partial charge on any atom is -0.437 e. The van der Waals surface area contributed by atoms with Crippen molar-refractivity contribution in [1.29, 1.82) is 5.41 Å². The van der Waals surface area contributed by atoms with Gasteiger partial charge < -0.3 is 10.5 Å². The number of nitrogens with two attached hydrogens (primary N) is 1. The Balaban J connectivity index is 2.50. The highest BCUT2D eigenvalue weighted by Crippen LogP contribution is 2.33. The van der Waals surface area contributed by atoms with Gasteiger partial charge in [-0.2, -0.15) is 0 Å². The molecular weight excluding hydrogens is 342 g/mol. The minimum absolute atomic E-state index is 0.0850. The lowest BCUT2D eigenvalue weighted by Gasteiger charge is -2.13. The third-order valence-electron chi connectivity index (χ3n) is 2.68. The molecule has 0 radical (unpaired) electrons. The molecule has 0 saturated carbocycles. The van der Waals surface area contributed by atoms with Crippen LogP contribution in [0.2, 0.25) is 5.02 Å². The molecule has 0 spiro atoms. The maximum atomic E-state index is 7.66. The molecule has 1 aromatic carbocycles. The molecule has 2 rings (SSSR count). The average molecular weight is 355 g/mol. The zero-order chi connectivity index (χ0) is 14.9. The highest BCUT2D eigenvalue weighted by atomic mass is 79.9. The second-order valence-corrected chi connectivity index (χ2v) is 5.67. The van der Waals surface area contributed by atoms with Gasteiger partial charge in [0.15, 0.2) is 0 Å². The first-order valence-electron chi connectivity index (χ1n) is 5.84. The smallest absolute Gasteiger partial charge is 0.230 e. The lowest BCUT2D eigenvalue weighted by molar-refractivity contribution is 0.460. The van der Waals surface area contributed by atoms with Crippen molar-refractivity contribution in [3.8, 4) is 11.6 Å². The van der Waals surface area contributed by atoms with E-state index in [1.165, 1.54) is 0 Å². The van der Waals surface area contributed by atoms with Crippen molar-refractivity contribution < 1.29 is 4.74 Å². The lowest BCUT2D eigenvalue weighted by atomic mass is 10.1. The second kappa shape index (κ2) is 5.81. The number of ether oxygens (including phenoxy) is 1. The number of benzene rings is 1. The van der Waals surface area contributed by atoms with E-state index in [9.17, 15) is 0 Å². The highest BCUT2D eigenvalue weighted by Gasteiger charge is 2.15. The van der Waals surface area contributed by atoms with Gasteiger partial charge in [0.2, 0.25) is 5.88 Å². The first-order valence-corrected chi connectivity index (χ1v) is 7.01. The Labute approximate surface area is 130 Å². The summed E-state index contributed by atoms with van der Waals surface area (Å²) in [5.74, 6) is 0.673. The van der Waals surface area contributed by atoms with Crippen molar-refractivity contribution in [1.82, 2.24) is 4.98 Å². The summed E-state index contributed by atoms with van der Waals surface area (Å²) in [6, 6.07) is 7.13. The Morgan fingerprint density at radius 1 is 1.35 bits per heavy atom. The summed E-state index contributed by atoms with van der Waals surface area (Å²) in [5.41, 5.74) is 7.71. The first kappa shape index (κ1) is 14.8. The Hall–Kier alpha value is -1.59. The summed E-state index contributed by atoms with van der Waals surface area (Å²) in [7, 11) is 0. The van der Waals surface area contributed by atoms with E-state index in [4.69, 9.17) is 27.5 Å². The van der Waals surface area contributed by atoms with Gasteiger partial charge in [-0.15, -0.1) is 0 Å². The molecule has 2 aromatic rings. The van der Waals surface area contributed by atoms with Crippen LogP contribution in [0.15, 0.2) is 28.7 Å². The Kier molecular flexibility index (Phi) is 4.30. The van der Waals surface area contributed by atoms with E-state index < -0.39 is 0 Å². The minimum atomic E-state index is -0.0850. The monoisotopic (exact) mass is 353 g/mol. The zero-order valence-corrected chi connectivity index (χ0v) is 13.3. The van der Waals surface area contributed by atoms with Crippen LogP contribution in [0.3, 0.4) is 0 Å². The molecule has 1 heterocycles. The lowest BCUT2D eigenvalue weighted by Crippen LogP contribution is -2.15. The molecule has 3 N–H and O–H groups in total. The predicted octanol–water partition coefficient (Wildman–Crippen LogP) is 4.19. The van der Waals surface area contributed by atoms with Crippen molar-refractivity contribution in [3.63, 3.8) is 0 Å². The van der Waals surface area contributed by atoms with Crippen LogP contribution in [-0.4, -0.2) is 10.8 Å². The van der Waals surface area contributed by atoms with Crippen molar-refractivity contribution >= 4 is 33.4 Å². The quantitative estimate of drug-likeness (QED) is 0.641. The summed E-state index contributed by atoms with van der Waals surface area (Å²) < 4.78 is 6.59. The third-order valence-corrected chi connectivity index (χ3v) is 3.47. The number of hydrogen-bond acceptors (Lipinski definition) is 3. The second-order valence-electron chi connectivity index (χ2n) is 4.35. The van der Waals surface area contributed by atoms with Gasteiger partial charge in [0, 0.05) is 10.2 Å². The fourth-order valence-electron chi connectivity index (χ4n) is 1.87. The fourth-order valence-corrected chi connectivity index (χ4v) is 2.58. The van der Waals surface area contributed by atoms with Crippen molar-refractivity contribution in [3.05, 3.63) is 50.6 Å². The van der Waals surface area contributed by atoms with E-state index in [1.807, 2.05) is 26.0 Å². The molecule has 4 nitrogen and oxygen atoms in total. The number of aromatic nitrogens is 1. The van der Waals surface area contributed by atoms with Crippen molar-refractivity contribution in [2.45, 2.75) is 13.8 Å². The average Bonchev–Trinajstić information content (AvgIpc) is 2.31. The SMILES string of the molecule is Cc1cc(C)c(C(=N)N)c(Oc2ccc(Br)cc2Cl)n1. The molecule has 20 heavy (non-hydrogen) atoms. The van der Waals surface area contributed by atoms with Gasteiger partial charge in [0.05, 0.1) is 10.6 Å². The molecule has 0 unspecified atom stereocenters. The van der Waals surface area contributed by atoms with Crippen LogP contribution in [0.1, 0.15) is 16.8 Å². The molecule has 0 aliphatic carbocycles. The summed E-state index contributed by atoms with van der Waals surface area (Å²) in [4.78, 5) is 4.30. The Bertz CT molecular complexity index is 688. The van der Waals surface area contributed by atoms with Gasteiger partial charge in [-0.05, 0) is 43.7 Å². The standard InChI is InChI=1S/C14H13BrClN3O/c1-7-5-8(2)19-14(12(7)13(17)18)20-11-4-3-9(15)6-10(11)16/h3-6H,1-2H3,(H3,17,18). The molecule has 0 atom stereocenters. The van der Waals surface area contributed by atoms with Crippen LogP contribution in [-0.2, 0) is 0 Å². The summed E-state index contributed by atoms with van der Waals surface area (Å²) in [6.45, 7) is 3.72. The number of hydrogen-bond donors (Lipinski definition) is 2. The van der Waals surface area contributed by atoms with Gasteiger partial charge in [0.25, 0.3) is 0 Å². The molecule has 0 fully saturated rings. The molecule has 1 aromatic heterocycles. The number of nitrogens with zero attached hydrogens (tertiary/aromatic N) is 1. The van der Waals surface area contributed by atoms with E-state index in [2.05, 4.69) is 20.9 Å². The summed E-state index contributed by atoms with van der Waals surface area (Å²) >= 11 is 9.46. The van der Waals surface area contributed by atoms with Crippen molar-refractivity contribution in [2.24, 2.45) is 5.73 Å². The first-order chi connectivity index (χ1) is 9.38. The van der Waals surface area contributed by atoms with Crippen LogP contribution < -0.4 is 10.5 Å². The van der Waals surface area contributed by atoms with Crippen LogP contribution in [0, 0.1) is 19.3 Å². The summed E-state index contributed by atoms with van der Waals surface area (Å²) in [5, 5.41) is 8.11. The van der Waals surface area contributed by atoms with E-state index in [1.54, 1.807) is 12.1 Å². The number of pyridine rings is 1. The van der Waals surface area contributed by atoms with Crippen LogP contribution >= 0.6 is 27.5 Å². The number of amidine groups is 1. The third kappa shape index (κ3) is 3.11. The topological polar surface area (TPSA) is 72.0 Å². The van der Waals surface area contributed by atoms with Crippen molar-refractivity contribution in [2.75, 3.05) is 0 Å². The molecule has 0 aliphatic rings. The van der Waals surface area contributed by atoms with Gasteiger partial charge in [0.1, 0.15) is 11.6 Å². The number of rotatable bonds is 3. The molecule has 6 heteroatoms. The molecule has 0 bridgehead atoms. The van der Waals surface area contributed by atoms with E-state index in [0.29, 0.717) is 22.2 Å².